The maximum absolute atomic E-state index is 12.9. The van der Waals surface area contributed by atoms with Crippen molar-refractivity contribution in [1.82, 2.24) is 0 Å². The van der Waals surface area contributed by atoms with Crippen molar-refractivity contribution in [2.24, 2.45) is 23.7 Å². The van der Waals surface area contributed by atoms with Crippen molar-refractivity contribution in [1.29, 1.82) is 0 Å². The highest BCUT2D eigenvalue weighted by molar-refractivity contribution is 6.31. The van der Waals surface area contributed by atoms with Gasteiger partial charge in [0.15, 0.2) is 0 Å². The highest BCUT2D eigenvalue weighted by Gasteiger charge is 2.59. The first-order valence-corrected chi connectivity index (χ1v) is 10.1. The summed E-state index contributed by atoms with van der Waals surface area (Å²) in [7, 11) is 0. The average molecular weight is 438 g/mol. The second kappa shape index (κ2) is 7.02. The van der Waals surface area contributed by atoms with Crippen LogP contribution in [0.15, 0.2) is 54.6 Å². The van der Waals surface area contributed by atoms with Crippen molar-refractivity contribution in [3.63, 3.8) is 0 Å². The lowest BCUT2D eigenvalue weighted by molar-refractivity contribution is -0.383. The van der Waals surface area contributed by atoms with Gasteiger partial charge in [-0.1, -0.05) is 23.8 Å². The van der Waals surface area contributed by atoms with E-state index in [2.05, 4.69) is 5.32 Å². The Morgan fingerprint density at radius 2 is 1.65 bits per heavy atom. The normalized spacial score (nSPS) is 25.8. The SMILES string of the molecule is O=C(Nc1ccc(Cl)cc1[N+](=O)[O-])c1ccc(N2C(=O)[C@@H]3[C@@H](C2=O)[C@H]2C=C[C@H]3C2)cc1. The average Bonchev–Trinajstić information content (AvgIpc) is 3.43. The number of nitro groups is 1. The standard InChI is InChI=1S/C22H16ClN3O5/c23-14-5-8-16(17(10-14)26(30)31)24-20(27)11-3-6-15(7-4-11)25-21(28)18-12-1-2-13(9-12)19(18)22(25)29/h1-8,10,12-13,18-19H,9H2,(H,24,27)/t12-,13-,18-,19-/m0/s1. The van der Waals surface area contributed by atoms with Gasteiger partial charge in [-0.05, 0) is 54.7 Å². The summed E-state index contributed by atoms with van der Waals surface area (Å²) in [5.41, 5.74) is 0.344. The van der Waals surface area contributed by atoms with Crippen molar-refractivity contribution < 1.29 is 19.3 Å². The number of rotatable bonds is 4. The van der Waals surface area contributed by atoms with Crippen molar-refractivity contribution >= 4 is 46.4 Å². The molecule has 3 aliphatic rings. The van der Waals surface area contributed by atoms with Gasteiger partial charge in [-0.25, -0.2) is 0 Å². The van der Waals surface area contributed by atoms with Crippen LogP contribution >= 0.6 is 11.6 Å². The van der Waals surface area contributed by atoms with E-state index in [0.717, 1.165) is 12.5 Å². The second-order valence-electron chi connectivity index (χ2n) is 7.93. The van der Waals surface area contributed by atoms with E-state index in [1.165, 1.54) is 41.3 Å². The number of imide groups is 1. The zero-order chi connectivity index (χ0) is 21.9. The van der Waals surface area contributed by atoms with Crippen LogP contribution in [0, 0.1) is 33.8 Å². The van der Waals surface area contributed by atoms with E-state index < -0.39 is 10.8 Å². The Labute approximate surface area is 181 Å². The summed E-state index contributed by atoms with van der Waals surface area (Å²) in [6.07, 6.45) is 4.92. The van der Waals surface area contributed by atoms with Gasteiger partial charge in [0.1, 0.15) is 5.69 Å². The van der Waals surface area contributed by atoms with E-state index in [9.17, 15) is 24.5 Å². The first kappa shape index (κ1) is 19.4. The molecule has 8 nitrogen and oxygen atoms in total. The minimum atomic E-state index is -0.631. The summed E-state index contributed by atoms with van der Waals surface area (Å²) in [4.78, 5) is 50.1. The number of fused-ring (bicyclic) bond motifs is 5. The number of carbonyl (C=O) groups is 3. The molecule has 1 aliphatic heterocycles. The zero-order valence-corrected chi connectivity index (χ0v) is 16.8. The summed E-state index contributed by atoms with van der Waals surface area (Å²) < 4.78 is 0. The lowest BCUT2D eigenvalue weighted by Gasteiger charge is -2.17. The molecule has 2 fully saturated rings. The van der Waals surface area contributed by atoms with Crippen molar-refractivity contribution in [3.05, 3.63) is 75.3 Å². The Balaban J connectivity index is 1.35. The van der Waals surface area contributed by atoms with E-state index in [1.54, 1.807) is 0 Å². The number of nitro benzene ring substituents is 1. The van der Waals surface area contributed by atoms with E-state index in [0.29, 0.717) is 5.69 Å². The molecule has 9 heteroatoms. The largest absolute Gasteiger partial charge is 0.316 e. The molecule has 0 unspecified atom stereocenters. The molecule has 2 aromatic rings. The molecule has 0 spiro atoms. The second-order valence-corrected chi connectivity index (χ2v) is 8.37. The third-order valence-corrected chi connectivity index (χ3v) is 6.50. The molecule has 2 aromatic carbocycles. The zero-order valence-electron chi connectivity index (χ0n) is 16.0. The number of allylic oxidation sites excluding steroid dienone is 2. The fourth-order valence-electron chi connectivity index (χ4n) is 4.87. The molecule has 2 aliphatic carbocycles. The number of nitrogens with zero attached hydrogens (tertiary/aromatic N) is 2. The fourth-order valence-corrected chi connectivity index (χ4v) is 5.04. The van der Waals surface area contributed by atoms with Crippen molar-refractivity contribution in [2.75, 3.05) is 10.2 Å². The Bertz CT molecular complexity index is 1150. The molecular weight excluding hydrogens is 422 g/mol. The first-order chi connectivity index (χ1) is 14.8. The molecule has 4 atom stereocenters. The molecule has 3 amide bonds. The van der Waals surface area contributed by atoms with Crippen LogP contribution < -0.4 is 10.2 Å². The van der Waals surface area contributed by atoms with Gasteiger partial charge >= 0.3 is 0 Å². The lowest BCUT2D eigenvalue weighted by atomic mass is 9.85. The van der Waals surface area contributed by atoms with E-state index in [-0.39, 0.29) is 57.4 Å². The predicted molar refractivity (Wildman–Crippen MR) is 113 cm³/mol. The van der Waals surface area contributed by atoms with Gasteiger partial charge in [0.05, 0.1) is 22.4 Å². The van der Waals surface area contributed by atoms with Crippen LogP contribution in [0.4, 0.5) is 17.1 Å². The van der Waals surface area contributed by atoms with E-state index in [4.69, 9.17) is 11.6 Å². The number of hydrogen-bond acceptors (Lipinski definition) is 5. The third-order valence-electron chi connectivity index (χ3n) is 6.26. The molecule has 1 N–H and O–H groups in total. The minimum absolute atomic E-state index is 0.0178. The number of halogens is 1. The minimum Gasteiger partial charge on any atom is -0.316 e. The molecular formula is C22H16ClN3O5. The summed E-state index contributed by atoms with van der Waals surface area (Å²) in [5, 5.41) is 13.9. The maximum Gasteiger partial charge on any atom is 0.294 e. The van der Waals surface area contributed by atoms with E-state index >= 15 is 0 Å². The molecule has 156 valence electrons. The Morgan fingerprint density at radius 3 is 2.23 bits per heavy atom. The first-order valence-electron chi connectivity index (χ1n) is 9.76. The lowest BCUT2D eigenvalue weighted by Crippen LogP contribution is -2.32. The number of nitrogens with one attached hydrogen (secondary N) is 1. The molecule has 2 bridgehead atoms. The number of anilines is 2. The Hall–Kier alpha value is -3.52. The van der Waals surface area contributed by atoms with Gasteiger partial charge in [-0.15, -0.1) is 0 Å². The van der Waals surface area contributed by atoms with Crippen LogP contribution in [-0.2, 0) is 9.59 Å². The predicted octanol–water partition coefficient (Wildman–Crippen LogP) is 3.81. The van der Waals surface area contributed by atoms with Crippen LogP contribution in [0.2, 0.25) is 5.02 Å². The van der Waals surface area contributed by atoms with Gasteiger partial charge in [0, 0.05) is 16.7 Å². The highest BCUT2D eigenvalue weighted by atomic mass is 35.5. The van der Waals surface area contributed by atoms with Gasteiger partial charge in [-0.2, -0.15) is 0 Å². The smallest absolute Gasteiger partial charge is 0.294 e. The van der Waals surface area contributed by atoms with Gasteiger partial charge < -0.3 is 5.32 Å². The summed E-state index contributed by atoms with van der Waals surface area (Å²) in [6.45, 7) is 0. The summed E-state index contributed by atoms with van der Waals surface area (Å²) in [5.74, 6) is -1.29. The molecule has 5 rings (SSSR count). The van der Waals surface area contributed by atoms with Crippen LogP contribution in [-0.4, -0.2) is 22.6 Å². The third kappa shape index (κ3) is 3.02. The molecule has 0 radical (unpaired) electrons. The van der Waals surface area contributed by atoms with Gasteiger partial charge in [0.2, 0.25) is 11.8 Å². The fraction of sp³-hybridized carbons (Fsp3) is 0.227. The molecule has 1 saturated heterocycles. The molecule has 1 saturated carbocycles. The Morgan fingerprint density at radius 1 is 1.03 bits per heavy atom. The molecule has 1 heterocycles. The number of carbonyl (C=O) groups excluding carboxylic acids is 3. The number of hydrogen-bond donors (Lipinski definition) is 1. The summed E-state index contributed by atoms with van der Waals surface area (Å²) >= 11 is 5.79. The quantitative estimate of drug-likeness (QED) is 0.338. The number of amides is 3. The monoisotopic (exact) mass is 437 g/mol. The maximum atomic E-state index is 12.9. The molecule has 31 heavy (non-hydrogen) atoms. The van der Waals surface area contributed by atoms with Crippen molar-refractivity contribution in [3.8, 4) is 0 Å². The summed E-state index contributed by atoms with van der Waals surface area (Å²) in [6, 6.07) is 9.99. The van der Waals surface area contributed by atoms with Crippen molar-refractivity contribution in [2.45, 2.75) is 6.42 Å². The van der Waals surface area contributed by atoms with Gasteiger partial charge in [-0.3, -0.25) is 29.4 Å². The van der Waals surface area contributed by atoms with Crippen LogP contribution in [0.25, 0.3) is 0 Å². The Kier molecular flexibility index (Phi) is 4.40. The topological polar surface area (TPSA) is 110 Å². The van der Waals surface area contributed by atoms with Gasteiger partial charge in [0.25, 0.3) is 11.6 Å². The van der Waals surface area contributed by atoms with Crippen LogP contribution in [0.3, 0.4) is 0 Å². The molecule has 0 aromatic heterocycles. The highest BCUT2D eigenvalue weighted by Crippen LogP contribution is 2.53. The van der Waals surface area contributed by atoms with Crippen LogP contribution in [0.5, 0.6) is 0 Å². The number of benzene rings is 2. The van der Waals surface area contributed by atoms with Crippen LogP contribution in [0.1, 0.15) is 16.8 Å². The van der Waals surface area contributed by atoms with E-state index in [1.807, 2.05) is 12.2 Å².